The standard InChI is InChI=1S/C28H48FN7O/c1-6-7-8-9-13-28(36-20(4)12-14-34-36)19(3)15-32-17-23(28)35-27(37)24(26(30)31)25-21(5)18(2)10-11-22(29)16-33-25/h15,18-20,23-24,26,34H,6-14,17,30-31H2,1-5H3,(H,35,37)/b25-21-/t18-,19?,20?,23?,24?,28?/m0/s1. The van der Waals surface area contributed by atoms with Crippen LogP contribution in [0.25, 0.3) is 0 Å². The molecule has 0 aromatic rings. The maximum atomic E-state index is 14.2. The first-order valence-corrected chi connectivity index (χ1v) is 14.2. The average Bonchev–Trinajstić information content (AvgIpc) is 3.29. The molecule has 8 nitrogen and oxygen atoms in total. The van der Waals surface area contributed by atoms with E-state index in [1.165, 1.54) is 12.8 Å². The minimum atomic E-state index is -0.988. The molecule has 3 aliphatic rings. The number of rotatable bonds is 10. The summed E-state index contributed by atoms with van der Waals surface area (Å²) in [6.45, 7) is 12.0. The Balaban J connectivity index is 1.98. The second-order valence-corrected chi connectivity index (χ2v) is 11.3. The monoisotopic (exact) mass is 517 g/mol. The lowest BCUT2D eigenvalue weighted by atomic mass is 9.72. The number of carbonyl (C=O) groups excluding carboxylic acids is 1. The highest BCUT2D eigenvalue weighted by Gasteiger charge is 2.52. The van der Waals surface area contributed by atoms with Crippen LogP contribution in [-0.4, -0.2) is 59.9 Å². The number of amides is 1. The third-order valence-corrected chi connectivity index (χ3v) is 8.69. The molecule has 0 aliphatic carbocycles. The molecule has 6 atom stereocenters. The molecule has 37 heavy (non-hydrogen) atoms. The Morgan fingerprint density at radius 1 is 1.30 bits per heavy atom. The minimum Gasteiger partial charge on any atom is -0.349 e. The summed E-state index contributed by atoms with van der Waals surface area (Å²) < 4.78 is 14.2. The van der Waals surface area contributed by atoms with Crippen LogP contribution in [-0.2, 0) is 4.79 Å². The van der Waals surface area contributed by atoms with Gasteiger partial charge in [-0.25, -0.2) is 14.4 Å². The van der Waals surface area contributed by atoms with Crippen LogP contribution in [0.5, 0.6) is 0 Å². The lowest BCUT2D eigenvalue weighted by Crippen LogP contribution is -2.71. The van der Waals surface area contributed by atoms with Gasteiger partial charge in [0.15, 0.2) is 5.83 Å². The molecule has 9 heteroatoms. The SMILES string of the molecule is CCCCCCC1(N2NCCC2C)C(C)C=NCC1NC(=O)C(/C1=C(\C)[C@@H](C)CCC(F)=C=N1)C(N)N. The molecule has 0 spiro atoms. The first-order valence-electron chi connectivity index (χ1n) is 14.2. The lowest BCUT2D eigenvalue weighted by Gasteiger charge is -2.53. The zero-order chi connectivity index (χ0) is 27.2. The number of nitrogens with one attached hydrogen (secondary N) is 2. The lowest BCUT2D eigenvalue weighted by molar-refractivity contribution is -0.127. The van der Waals surface area contributed by atoms with Crippen molar-refractivity contribution >= 4 is 18.0 Å². The molecule has 1 saturated heterocycles. The first-order chi connectivity index (χ1) is 17.6. The summed E-state index contributed by atoms with van der Waals surface area (Å²) in [5, 5.41) is 5.71. The Labute approximate surface area is 222 Å². The van der Waals surface area contributed by atoms with Gasteiger partial charge in [-0.05, 0) is 44.6 Å². The summed E-state index contributed by atoms with van der Waals surface area (Å²) >= 11 is 0. The van der Waals surface area contributed by atoms with Gasteiger partial charge in [-0.3, -0.25) is 15.2 Å². The molecule has 208 valence electrons. The molecule has 5 unspecified atom stereocenters. The highest BCUT2D eigenvalue weighted by molar-refractivity contribution is 5.83. The molecular formula is C28H48FN7O. The van der Waals surface area contributed by atoms with Gasteiger partial charge in [-0.2, -0.15) is 0 Å². The van der Waals surface area contributed by atoms with Crippen molar-refractivity contribution in [3.63, 3.8) is 0 Å². The van der Waals surface area contributed by atoms with Crippen LogP contribution in [0.1, 0.15) is 86.0 Å². The summed E-state index contributed by atoms with van der Waals surface area (Å²) in [5.41, 5.74) is 17.0. The Hall–Kier alpha value is -1.90. The number of hydrogen-bond donors (Lipinski definition) is 4. The van der Waals surface area contributed by atoms with Crippen molar-refractivity contribution in [2.24, 2.45) is 39.2 Å². The van der Waals surface area contributed by atoms with E-state index in [9.17, 15) is 9.18 Å². The largest absolute Gasteiger partial charge is 0.349 e. The normalized spacial score (nSPS) is 33.8. The predicted octanol–water partition coefficient (Wildman–Crippen LogP) is 3.59. The van der Waals surface area contributed by atoms with E-state index in [4.69, 9.17) is 11.5 Å². The quantitative estimate of drug-likeness (QED) is 0.261. The fraction of sp³-hybridized carbons (Fsp3) is 0.786. The summed E-state index contributed by atoms with van der Waals surface area (Å²) in [4.78, 5) is 22.9. The van der Waals surface area contributed by atoms with E-state index in [1.807, 2.05) is 20.1 Å². The molecule has 0 saturated carbocycles. The van der Waals surface area contributed by atoms with Gasteiger partial charge >= 0.3 is 0 Å². The van der Waals surface area contributed by atoms with Gasteiger partial charge in [-0.1, -0.05) is 46.5 Å². The molecule has 1 amide bonds. The van der Waals surface area contributed by atoms with Gasteiger partial charge in [-0.15, -0.1) is 0 Å². The van der Waals surface area contributed by atoms with Crippen molar-refractivity contribution in [2.75, 3.05) is 13.1 Å². The number of allylic oxidation sites excluding steroid dienone is 2. The van der Waals surface area contributed by atoms with Gasteiger partial charge in [0.05, 0.1) is 30.0 Å². The number of nitrogens with zero attached hydrogens (tertiary/aromatic N) is 3. The Morgan fingerprint density at radius 3 is 2.70 bits per heavy atom. The number of aliphatic imine (C=N–C) groups is 2. The van der Waals surface area contributed by atoms with Crippen molar-refractivity contribution in [1.29, 1.82) is 0 Å². The smallest absolute Gasteiger partial charge is 0.232 e. The van der Waals surface area contributed by atoms with Crippen LogP contribution < -0.4 is 22.2 Å². The summed E-state index contributed by atoms with van der Waals surface area (Å²) in [7, 11) is 0. The summed E-state index contributed by atoms with van der Waals surface area (Å²) in [6, 6.07) is 0.0975. The summed E-state index contributed by atoms with van der Waals surface area (Å²) in [6.07, 6.45) is 8.52. The van der Waals surface area contributed by atoms with Crippen molar-refractivity contribution in [1.82, 2.24) is 15.8 Å². The molecule has 1 fully saturated rings. The van der Waals surface area contributed by atoms with Gasteiger partial charge < -0.3 is 16.8 Å². The molecule has 3 aliphatic heterocycles. The zero-order valence-corrected chi connectivity index (χ0v) is 23.4. The van der Waals surface area contributed by atoms with Crippen molar-refractivity contribution < 1.29 is 9.18 Å². The summed E-state index contributed by atoms with van der Waals surface area (Å²) in [5.74, 6) is 1.03. The first kappa shape index (κ1) is 29.7. The van der Waals surface area contributed by atoms with Crippen LogP contribution >= 0.6 is 0 Å². The fourth-order valence-electron chi connectivity index (χ4n) is 6.22. The number of nitrogens with two attached hydrogens (primary N) is 2. The van der Waals surface area contributed by atoms with Crippen LogP contribution in [0.4, 0.5) is 4.39 Å². The Morgan fingerprint density at radius 2 is 2.05 bits per heavy atom. The minimum absolute atomic E-state index is 0.0484. The van der Waals surface area contributed by atoms with E-state index in [-0.39, 0.29) is 35.7 Å². The van der Waals surface area contributed by atoms with Crippen LogP contribution in [0.3, 0.4) is 0 Å². The van der Waals surface area contributed by atoms with Gasteiger partial charge in [0.1, 0.15) is 5.92 Å². The van der Waals surface area contributed by atoms with Gasteiger partial charge in [0.25, 0.3) is 0 Å². The van der Waals surface area contributed by atoms with E-state index in [0.717, 1.165) is 37.8 Å². The number of unbranched alkanes of at least 4 members (excludes halogenated alkanes) is 3. The number of hydrogen-bond acceptors (Lipinski definition) is 7. The third-order valence-electron chi connectivity index (χ3n) is 8.69. The molecule has 3 heterocycles. The molecule has 0 radical (unpaired) electrons. The molecular weight excluding hydrogens is 469 g/mol. The van der Waals surface area contributed by atoms with E-state index in [2.05, 4.69) is 52.4 Å². The van der Waals surface area contributed by atoms with E-state index >= 15 is 0 Å². The highest BCUT2D eigenvalue weighted by atomic mass is 19.1. The van der Waals surface area contributed by atoms with E-state index in [1.54, 1.807) is 0 Å². The third kappa shape index (κ3) is 6.58. The van der Waals surface area contributed by atoms with Crippen molar-refractivity contribution in [2.45, 2.75) is 110 Å². The maximum Gasteiger partial charge on any atom is 0.232 e. The van der Waals surface area contributed by atoms with Gasteiger partial charge in [0.2, 0.25) is 5.91 Å². The van der Waals surface area contributed by atoms with Crippen molar-refractivity contribution in [3.05, 3.63) is 17.1 Å². The second kappa shape index (κ2) is 13.3. The second-order valence-electron chi connectivity index (χ2n) is 11.3. The van der Waals surface area contributed by atoms with Crippen LogP contribution in [0.15, 0.2) is 27.1 Å². The molecule has 6 N–H and O–H groups in total. The van der Waals surface area contributed by atoms with Crippen LogP contribution in [0.2, 0.25) is 0 Å². The molecule has 3 rings (SSSR count). The van der Waals surface area contributed by atoms with E-state index in [0.29, 0.717) is 24.7 Å². The number of halogens is 1. The Bertz CT molecular complexity index is 925. The molecule has 0 bridgehead atoms. The number of carbonyl (C=O) groups is 1. The molecule has 0 aromatic carbocycles. The topological polar surface area (TPSA) is 121 Å². The highest BCUT2D eigenvalue weighted by Crippen LogP contribution is 2.39. The van der Waals surface area contributed by atoms with Crippen molar-refractivity contribution in [3.8, 4) is 0 Å². The van der Waals surface area contributed by atoms with Gasteiger partial charge in [0, 0.05) is 37.0 Å². The number of hydrazine groups is 1. The molecule has 0 aromatic heterocycles. The van der Waals surface area contributed by atoms with E-state index < -0.39 is 17.9 Å². The maximum absolute atomic E-state index is 14.2. The predicted molar refractivity (Wildman–Crippen MR) is 149 cm³/mol. The van der Waals surface area contributed by atoms with Crippen LogP contribution in [0, 0.1) is 17.8 Å². The zero-order valence-electron chi connectivity index (χ0n) is 23.4. The fourth-order valence-corrected chi connectivity index (χ4v) is 6.22. The average molecular weight is 518 g/mol. The Kier molecular flexibility index (Phi) is 10.6.